The molecule has 0 aliphatic carbocycles. The van der Waals surface area contributed by atoms with E-state index in [1.165, 1.54) is 0 Å². The van der Waals surface area contributed by atoms with Gasteiger partial charge in [0.15, 0.2) is 5.65 Å². The minimum absolute atomic E-state index is 0.878. The molecule has 0 saturated heterocycles. The molecule has 2 aromatic rings. The summed E-state index contributed by atoms with van der Waals surface area (Å²) in [5.41, 5.74) is 1.81. The Morgan fingerprint density at radius 1 is 1.22 bits per heavy atom. The van der Waals surface area contributed by atoms with Gasteiger partial charge in [0, 0.05) is 6.42 Å². The fourth-order valence-electron chi connectivity index (χ4n) is 2.19. The Labute approximate surface area is 107 Å². The Hall–Kier alpha value is -1.71. The zero-order chi connectivity index (χ0) is 13.1. The number of nitrogens with zero attached hydrogens (tertiary/aromatic N) is 4. The number of hydrogen-bond acceptors (Lipinski definition) is 3. The lowest BCUT2D eigenvalue weighted by Gasteiger charge is -2.03. The van der Waals surface area contributed by atoms with E-state index >= 15 is 0 Å². The molecule has 0 saturated carbocycles. The molecule has 0 bridgehead atoms. The predicted molar refractivity (Wildman–Crippen MR) is 73.7 cm³/mol. The van der Waals surface area contributed by atoms with Gasteiger partial charge in [-0.15, -0.1) is 10.2 Å². The van der Waals surface area contributed by atoms with Crippen molar-refractivity contribution in [2.24, 2.45) is 0 Å². The molecule has 0 spiro atoms. The lowest BCUT2D eigenvalue weighted by Crippen LogP contribution is -2.36. The van der Waals surface area contributed by atoms with Crippen LogP contribution in [0, 0.1) is 6.92 Å². The van der Waals surface area contributed by atoms with Crippen LogP contribution in [0.15, 0.2) is 0 Å². The average Bonchev–Trinajstić information content (AvgIpc) is 2.78. The molecule has 0 N–H and O–H groups in total. The smallest absolute Gasteiger partial charge is 0.182 e. The van der Waals surface area contributed by atoms with Gasteiger partial charge in [-0.25, -0.2) is 4.98 Å². The summed E-state index contributed by atoms with van der Waals surface area (Å²) in [6, 6.07) is 0. The van der Waals surface area contributed by atoms with Crippen molar-refractivity contribution in [1.82, 2.24) is 19.6 Å². The van der Waals surface area contributed by atoms with E-state index in [-0.39, 0.29) is 0 Å². The van der Waals surface area contributed by atoms with Crippen molar-refractivity contribution in [3.8, 4) is 0 Å². The van der Waals surface area contributed by atoms with E-state index in [2.05, 4.69) is 39.5 Å². The number of rotatable bonds is 3. The molecule has 2 heterocycles. The largest absolute Gasteiger partial charge is 0.276 e. The van der Waals surface area contributed by atoms with Crippen molar-refractivity contribution in [2.45, 2.75) is 47.0 Å². The third-order valence-corrected chi connectivity index (χ3v) is 2.99. The third kappa shape index (κ3) is 2.03. The van der Waals surface area contributed by atoms with E-state index in [4.69, 9.17) is 0 Å². The first kappa shape index (κ1) is 12.7. The molecule has 18 heavy (non-hydrogen) atoms. The number of aryl methyl sites for hydroxylation is 2. The molecule has 0 amide bonds. The molecule has 0 atom stereocenters. The summed E-state index contributed by atoms with van der Waals surface area (Å²) < 4.78 is 2.16. The summed E-state index contributed by atoms with van der Waals surface area (Å²) in [5, 5.41) is 10.7. The van der Waals surface area contributed by atoms with Gasteiger partial charge in [-0.05, 0) is 26.7 Å². The molecule has 4 nitrogen and oxygen atoms in total. The van der Waals surface area contributed by atoms with Gasteiger partial charge in [-0.1, -0.05) is 26.0 Å². The molecule has 4 heteroatoms. The molecule has 0 fully saturated rings. The topological polar surface area (TPSA) is 43.1 Å². The third-order valence-electron chi connectivity index (χ3n) is 2.99. The van der Waals surface area contributed by atoms with Crippen molar-refractivity contribution in [3.05, 3.63) is 22.2 Å². The molecular weight excluding hydrogens is 224 g/mol. The van der Waals surface area contributed by atoms with Crippen molar-refractivity contribution >= 4 is 17.8 Å². The lowest BCUT2D eigenvalue weighted by molar-refractivity contribution is 0.804. The first-order chi connectivity index (χ1) is 8.72. The summed E-state index contributed by atoms with van der Waals surface area (Å²) in [5.74, 6) is 1.03. The highest BCUT2D eigenvalue weighted by atomic mass is 15.3. The Morgan fingerprint density at radius 2 is 2.00 bits per heavy atom. The van der Waals surface area contributed by atoms with Crippen molar-refractivity contribution < 1.29 is 0 Å². The van der Waals surface area contributed by atoms with Crippen LogP contribution in [0.5, 0.6) is 0 Å². The molecule has 0 aromatic carbocycles. The standard InChI is InChI=1S/C14H20N4/c1-5-8-12-11(7-3)15-10(4)14-17-16-13(9-6-2)18(12)14/h7-8H,5-6,9H2,1-4H3/b11-7+,12-8+. The van der Waals surface area contributed by atoms with Gasteiger partial charge in [0.2, 0.25) is 0 Å². The van der Waals surface area contributed by atoms with Crippen molar-refractivity contribution in [3.63, 3.8) is 0 Å². The molecule has 0 aliphatic heterocycles. The summed E-state index contributed by atoms with van der Waals surface area (Å²) in [7, 11) is 0. The SMILES string of the molecule is C/C=c1/nc(C)c2nnc(CCC)n2/c1=C/CC. The van der Waals surface area contributed by atoms with Crippen LogP contribution in [0.2, 0.25) is 0 Å². The highest BCUT2D eigenvalue weighted by Crippen LogP contribution is 2.04. The van der Waals surface area contributed by atoms with Crippen molar-refractivity contribution in [2.75, 3.05) is 0 Å². The quantitative estimate of drug-likeness (QED) is 0.819. The molecular formula is C14H20N4. The minimum atomic E-state index is 0.878. The van der Waals surface area contributed by atoms with Crippen LogP contribution in [-0.4, -0.2) is 19.6 Å². The van der Waals surface area contributed by atoms with Crippen LogP contribution >= 0.6 is 0 Å². The van der Waals surface area contributed by atoms with E-state index in [0.29, 0.717) is 0 Å². The van der Waals surface area contributed by atoms with Gasteiger partial charge in [-0.2, -0.15) is 0 Å². The Bertz CT molecular complexity index is 667. The number of aromatic nitrogens is 4. The maximum atomic E-state index is 4.60. The monoisotopic (exact) mass is 244 g/mol. The van der Waals surface area contributed by atoms with Crippen LogP contribution in [0.3, 0.4) is 0 Å². The summed E-state index contributed by atoms with van der Waals surface area (Å²) >= 11 is 0. The lowest BCUT2D eigenvalue weighted by atomic mass is 10.3. The van der Waals surface area contributed by atoms with Crippen LogP contribution in [-0.2, 0) is 6.42 Å². The second kappa shape index (κ2) is 5.29. The summed E-state index contributed by atoms with van der Waals surface area (Å²) in [6.45, 7) is 8.30. The zero-order valence-corrected chi connectivity index (χ0v) is 11.6. The fraction of sp³-hybridized carbons (Fsp3) is 0.500. The number of hydrogen-bond donors (Lipinski definition) is 0. The maximum absolute atomic E-state index is 4.60. The van der Waals surface area contributed by atoms with Gasteiger partial charge in [0.1, 0.15) is 5.82 Å². The van der Waals surface area contributed by atoms with Gasteiger partial charge in [-0.3, -0.25) is 4.40 Å². The highest BCUT2D eigenvalue weighted by Gasteiger charge is 2.09. The van der Waals surface area contributed by atoms with Gasteiger partial charge in [0.05, 0.1) is 16.4 Å². The fourth-order valence-corrected chi connectivity index (χ4v) is 2.19. The predicted octanol–water partition coefficient (Wildman–Crippen LogP) is 1.38. The summed E-state index contributed by atoms with van der Waals surface area (Å²) in [6.07, 6.45) is 7.22. The highest BCUT2D eigenvalue weighted by molar-refractivity contribution is 5.45. The van der Waals surface area contributed by atoms with Gasteiger partial charge in [0.25, 0.3) is 0 Å². The number of fused-ring (bicyclic) bond motifs is 1. The van der Waals surface area contributed by atoms with Gasteiger partial charge >= 0.3 is 0 Å². The molecule has 0 unspecified atom stereocenters. The molecule has 0 aliphatic rings. The second-order valence-corrected chi connectivity index (χ2v) is 4.39. The van der Waals surface area contributed by atoms with Crippen LogP contribution in [0.4, 0.5) is 0 Å². The summed E-state index contributed by atoms with van der Waals surface area (Å²) in [4.78, 5) is 4.60. The Kier molecular flexibility index (Phi) is 3.75. The van der Waals surface area contributed by atoms with Crippen LogP contribution < -0.4 is 10.7 Å². The van der Waals surface area contributed by atoms with Gasteiger partial charge < -0.3 is 0 Å². The van der Waals surface area contributed by atoms with Crippen molar-refractivity contribution in [1.29, 1.82) is 0 Å². The van der Waals surface area contributed by atoms with E-state index in [1.807, 2.05) is 19.9 Å². The minimum Gasteiger partial charge on any atom is -0.276 e. The second-order valence-electron chi connectivity index (χ2n) is 4.39. The Balaban J connectivity index is 2.95. The average molecular weight is 244 g/mol. The van der Waals surface area contributed by atoms with Crippen LogP contribution in [0.1, 0.15) is 45.1 Å². The van der Waals surface area contributed by atoms with E-state index in [1.54, 1.807) is 0 Å². The molecule has 0 radical (unpaired) electrons. The normalized spacial score (nSPS) is 13.8. The first-order valence-corrected chi connectivity index (χ1v) is 6.60. The Morgan fingerprint density at radius 3 is 2.61 bits per heavy atom. The maximum Gasteiger partial charge on any atom is 0.182 e. The zero-order valence-electron chi connectivity index (χ0n) is 11.6. The first-order valence-electron chi connectivity index (χ1n) is 6.60. The van der Waals surface area contributed by atoms with Crippen LogP contribution in [0.25, 0.3) is 17.8 Å². The molecule has 2 aromatic heterocycles. The van der Waals surface area contributed by atoms with E-state index < -0.39 is 0 Å². The molecule has 96 valence electrons. The molecule has 2 rings (SSSR count). The van der Waals surface area contributed by atoms with E-state index in [0.717, 1.165) is 47.1 Å². The van der Waals surface area contributed by atoms with E-state index in [9.17, 15) is 0 Å².